The number of alkyl halides is 3. The lowest BCUT2D eigenvalue weighted by atomic mass is 10.1. The van der Waals surface area contributed by atoms with Crippen LogP contribution in [-0.2, 0) is 17.9 Å². The number of aliphatic carboxylic acids is 1. The van der Waals surface area contributed by atoms with Crippen molar-refractivity contribution in [3.8, 4) is 0 Å². The van der Waals surface area contributed by atoms with Crippen LogP contribution in [0.1, 0.15) is 11.1 Å². The van der Waals surface area contributed by atoms with E-state index in [1.165, 1.54) is 16.8 Å². The summed E-state index contributed by atoms with van der Waals surface area (Å²) in [5, 5.41) is 14.1. The van der Waals surface area contributed by atoms with Crippen molar-refractivity contribution in [1.29, 1.82) is 0 Å². The second-order valence-corrected chi connectivity index (χ2v) is 5.41. The van der Waals surface area contributed by atoms with Gasteiger partial charge in [0, 0.05) is 31.9 Å². The van der Waals surface area contributed by atoms with Crippen LogP contribution in [0.3, 0.4) is 0 Å². The van der Waals surface area contributed by atoms with Gasteiger partial charge in [0.1, 0.15) is 0 Å². The number of rotatable bonds is 2. The largest absolute Gasteiger partial charge is 0.490 e. The number of nitrogens with one attached hydrogen (secondary N) is 2. The third-order valence-corrected chi connectivity index (χ3v) is 3.56. The minimum Gasteiger partial charge on any atom is -0.475 e. The van der Waals surface area contributed by atoms with Crippen molar-refractivity contribution in [3.63, 3.8) is 0 Å². The predicted octanol–water partition coefficient (Wildman–Crippen LogP) is 1.65. The smallest absolute Gasteiger partial charge is 0.475 e. The molecule has 5 nitrogen and oxygen atoms in total. The summed E-state index contributed by atoms with van der Waals surface area (Å²) in [6, 6.07) is 7.20. The average molecular weight is 317 g/mol. The zero-order valence-corrected chi connectivity index (χ0v) is 12.1. The molecule has 8 heteroatoms. The van der Waals surface area contributed by atoms with E-state index in [9.17, 15) is 13.2 Å². The van der Waals surface area contributed by atoms with Crippen LogP contribution >= 0.6 is 0 Å². The number of fused-ring (bicyclic) bond motifs is 1. The van der Waals surface area contributed by atoms with Gasteiger partial charge in [-0.1, -0.05) is 12.1 Å². The van der Waals surface area contributed by atoms with Crippen LogP contribution in [0.25, 0.3) is 0 Å². The van der Waals surface area contributed by atoms with E-state index in [0.29, 0.717) is 6.04 Å². The number of carboxylic acids is 1. The van der Waals surface area contributed by atoms with Crippen molar-refractivity contribution in [2.24, 2.45) is 0 Å². The Balaban J connectivity index is 0.000000217. The first kappa shape index (κ1) is 16.6. The molecule has 3 rings (SSSR count). The maximum Gasteiger partial charge on any atom is 0.490 e. The number of hydrogen-bond acceptors (Lipinski definition) is 4. The van der Waals surface area contributed by atoms with E-state index in [-0.39, 0.29) is 0 Å². The van der Waals surface area contributed by atoms with Crippen LogP contribution in [0.4, 0.5) is 18.9 Å². The topological polar surface area (TPSA) is 64.6 Å². The minimum atomic E-state index is -5.08. The Hall–Kier alpha value is -1.80. The van der Waals surface area contributed by atoms with Crippen LogP contribution in [0.15, 0.2) is 18.2 Å². The van der Waals surface area contributed by atoms with Gasteiger partial charge in [0.05, 0.1) is 6.04 Å². The highest BCUT2D eigenvalue weighted by molar-refractivity contribution is 5.73. The highest BCUT2D eigenvalue weighted by atomic mass is 19.4. The Morgan fingerprint density at radius 3 is 2.55 bits per heavy atom. The summed E-state index contributed by atoms with van der Waals surface area (Å²) in [4.78, 5) is 11.2. The molecule has 0 atom stereocenters. The van der Waals surface area contributed by atoms with Gasteiger partial charge in [0.15, 0.2) is 0 Å². The fourth-order valence-corrected chi connectivity index (χ4v) is 2.48. The van der Waals surface area contributed by atoms with Crippen molar-refractivity contribution in [1.82, 2.24) is 10.2 Å². The lowest BCUT2D eigenvalue weighted by molar-refractivity contribution is -0.192. The standard InChI is InChI=1S/C12H17N3.C2HF3O2/c1-15-7-10(8-15)14-12-4-2-3-9-5-13-6-11(9)12;3-2(4,5)1(6)7/h2-4,10,13-14H,5-8H2,1H3;(H,6,7). The number of carbonyl (C=O) groups is 1. The molecule has 1 fully saturated rings. The van der Waals surface area contributed by atoms with E-state index in [0.717, 1.165) is 26.2 Å². The third-order valence-electron chi connectivity index (χ3n) is 3.56. The van der Waals surface area contributed by atoms with E-state index in [1.54, 1.807) is 0 Å². The molecule has 0 aliphatic carbocycles. The highest BCUT2D eigenvalue weighted by Crippen LogP contribution is 2.25. The van der Waals surface area contributed by atoms with Crippen LogP contribution < -0.4 is 10.6 Å². The molecule has 0 amide bonds. The van der Waals surface area contributed by atoms with Gasteiger partial charge in [-0.05, 0) is 24.2 Å². The Morgan fingerprint density at radius 1 is 1.36 bits per heavy atom. The zero-order valence-electron chi connectivity index (χ0n) is 12.1. The summed E-state index contributed by atoms with van der Waals surface area (Å²) in [5.41, 5.74) is 4.25. The number of nitrogens with zero attached hydrogens (tertiary/aromatic N) is 1. The molecule has 0 bridgehead atoms. The molecule has 0 spiro atoms. The van der Waals surface area contributed by atoms with Crippen LogP contribution in [0.5, 0.6) is 0 Å². The van der Waals surface area contributed by atoms with Gasteiger partial charge in [0.25, 0.3) is 0 Å². The van der Waals surface area contributed by atoms with Crippen LogP contribution in [0, 0.1) is 0 Å². The lowest BCUT2D eigenvalue weighted by Crippen LogP contribution is -2.52. The molecule has 2 aliphatic rings. The Bertz CT molecular complexity index is 543. The zero-order chi connectivity index (χ0) is 16.3. The molecule has 1 aromatic carbocycles. The molecule has 0 radical (unpaired) electrons. The molecule has 1 saturated heterocycles. The van der Waals surface area contributed by atoms with Gasteiger partial charge < -0.3 is 20.6 Å². The van der Waals surface area contributed by atoms with E-state index in [1.807, 2.05) is 0 Å². The van der Waals surface area contributed by atoms with Crippen LogP contribution in [-0.4, -0.2) is 48.3 Å². The SMILES string of the molecule is CN1CC(Nc2cccc3c2CNC3)C1.O=C(O)C(F)(F)F. The number of carboxylic acid groups (broad SMARTS) is 1. The summed E-state index contributed by atoms with van der Waals surface area (Å²) in [5.74, 6) is -2.76. The summed E-state index contributed by atoms with van der Waals surface area (Å²) in [6.07, 6.45) is -5.08. The molecule has 2 heterocycles. The third kappa shape index (κ3) is 4.11. The first-order valence-electron chi connectivity index (χ1n) is 6.84. The normalized spacial score (nSPS) is 18.0. The molecule has 22 heavy (non-hydrogen) atoms. The first-order chi connectivity index (χ1) is 10.3. The van der Waals surface area contributed by atoms with E-state index in [4.69, 9.17) is 9.90 Å². The van der Waals surface area contributed by atoms with Gasteiger partial charge in [-0.3, -0.25) is 0 Å². The van der Waals surface area contributed by atoms with Gasteiger partial charge in [-0.15, -0.1) is 0 Å². The Kier molecular flexibility index (Phi) is 4.92. The number of halogens is 3. The second-order valence-electron chi connectivity index (χ2n) is 5.41. The second kappa shape index (κ2) is 6.53. The maximum absolute atomic E-state index is 10.6. The van der Waals surface area contributed by atoms with Gasteiger partial charge in [0.2, 0.25) is 0 Å². The summed E-state index contributed by atoms with van der Waals surface area (Å²) in [7, 11) is 2.16. The van der Waals surface area contributed by atoms with Crippen molar-refractivity contribution in [2.75, 3.05) is 25.5 Å². The van der Waals surface area contributed by atoms with E-state index in [2.05, 4.69) is 40.8 Å². The van der Waals surface area contributed by atoms with Gasteiger partial charge in [-0.25, -0.2) is 4.79 Å². The molecule has 0 unspecified atom stereocenters. The van der Waals surface area contributed by atoms with Crippen molar-refractivity contribution in [3.05, 3.63) is 29.3 Å². The summed E-state index contributed by atoms with van der Waals surface area (Å²) >= 11 is 0. The average Bonchev–Trinajstić information content (AvgIpc) is 2.85. The fraction of sp³-hybridized carbons (Fsp3) is 0.500. The number of likely N-dealkylation sites (N-methyl/N-ethyl adjacent to an activating group) is 1. The minimum absolute atomic E-state index is 0.641. The maximum atomic E-state index is 10.6. The first-order valence-corrected chi connectivity index (χ1v) is 6.84. The number of anilines is 1. The van der Waals surface area contributed by atoms with Crippen molar-refractivity contribution < 1.29 is 23.1 Å². The van der Waals surface area contributed by atoms with E-state index < -0.39 is 12.1 Å². The summed E-state index contributed by atoms with van der Waals surface area (Å²) in [6.45, 7) is 4.37. The molecule has 3 N–H and O–H groups in total. The fourth-order valence-electron chi connectivity index (χ4n) is 2.48. The molecule has 2 aliphatic heterocycles. The molecule has 0 aromatic heterocycles. The molecule has 122 valence electrons. The highest BCUT2D eigenvalue weighted by Gasteiger charge is 2.38. The Labute approximate surface area is 126 Å². The van der Waals surface area contributed by atoms with Gasteiger partial charge >= 0.3 is 12.1 Å². The monoisotopic (exact) mass is 317 g/mol. The van der Waals surface area contributed by atoms with Crippen molar-refractivity contribution in [2.45, 2.75) is 25.3 Å². The molecular weight excluding hydrogens is 299 g/mol. The quantitative estimate of drug-likeness (QED) is 0.774. The number of benzene rings is 1. The van der Waals surface area contributed by atoms with Crippen LogP contribution in [0.2, 0.25) is 0 Å². The summed E-state index contributed by atoms with van der Waals surface area (Å²) < 4.78 is 31.7. The molecular formula is C14H18F3N3O2. The molecule has 0 saturated carbocycles. The van der Waals surface area contributed by atoms with E-state index >= 15 is 0 Å². The predicted molar refractivity (Wildman–Crippen MR) is 75.6 cm³/mol. The lowest BCUT2D eigenvalue weighted by Gasteiger charge is -2.37. The number of hydrogen-bond donors (Lipinski definition) is 3. The van der Waals surface area contributed by atoms with Crippen molar-refractivity contribution >= 4 is 11.7 Å². The number of likely N-dealkylation sites (tertiary alicyclic amines) is 1. The van der Waals surface area contributed by atoms with Gasteiger partial charge in [-0.2, -0.15) is 13.2 Å². The Morgan fingerprint density at radius 2 is 2.00 bits per heavy atom. The molecule has 1 aromatic rings.